The number of amides is 2. The summed E-state index contributed by atoms with van der Waals surface area (Å²) in [5.74, 6) is 1.58. The van der Waals surface area contributed by atoms with Crippen LogP contribution in [0.2, 0.25) is 0 Å². The van der Waals surface area contributed by atoms with Gasteiger partial charge in [0, 0.05) is 25.5 Å². The third-order valence-corrected chi connectivity index (χ3v) is 3.94. The summed E-state index contributed by atoms with van der Waals surface area (Å²) in [6.07, 6.45) is 5.49. The molecule has 0 saturated heterocycles. The van der Waals surface area contributed by atoms with Crippen molar-refractivity contribution in [2.45, 2.75) is 33.0 Å². The lowest BCUT2D eigenvalue weighted by Gasteiger charge is -2.13. The lowest BCUT2D eigenvalue weighted by Crippen LogP contribution is -2.36. The molecule has 130 valence electrons. The van der Waals surface area contributed by atoms with Crippen LogP contribution in [0.3, 0.4) is 0 Å². The largest absolute Gasteiger partial charge is 0.464 e. The SMILES string of the molecule is Cc1ccc(C(C)NC(=O)NCc2ccc(Cn3ccnc3)cc2)o1. The predicted molar refractivity (Wildman–Crippen MR) is 95.0 cm³/mol. The minimum Gasteiger partial charge on any atom is -0.464 e. The van der Waals surface area contributed by atoms with Crippen LogP contribution in [0.5, 0.6) is 0 Å². The van der Waals surface area contributed by atoms with Crippen molar-refractivity contribution in [3.63, 3.8) is 0 Å². The first-order chi connectivity index (χ1) is 12.1. The fraction of sp³-hybridized carbons (Fsp3) is 0.263. The normalized spacial score (nSPS) is 11.9. The van der Waals surface area contributed by atoms with Crippen molar-refractivity contribution < 1.29 is 9.21 Å². The Bertz CT molecular complexity index is 806. The van der Waals surface area contributed by atoms with Crippen molar-refractivity contribution in [1.82, 2.24) is 20.2 Å². The molecule has 0 spiro atoms. The van der Waals surface area contributed by atoms with Crippen LogP contribution in [0.1, 0.15) is 35.6 Å². The second-order valence-electron chi connectivity index (χ2n) is 6.05. The van der Waals surface area contributed by atoms with Gasteiger partial charge in [0.2, 0.25) is 0 Å². The molecule has 2 aromatic heterocycles. The molecule has 1 unspecified atom stereocenters. The van der Waals surface area contributed by atoms with Gasteiger partial charge in [-0.05, 0) is 37.1 Å². The van der Waals surface area contributed by atoms with Crippen molar-refractivity contribution >= 4 is 6.03 Å². The molecule has 0 aliphatic rings. The predicted octanol–water partition coefficient (Wildman–Crippen LogP) is 3.39. The number of hydrogen-bond acceptors (Lipinski definition) is 3. The quantitative estimate of drug-likeness (QED) is 0.723. The minimum absolute atomic E-state index is 0.175. The Morgan fingerprint density at radius 3 is 2.60 bits per heavy atom. The summed E-state index contributed by atoms with van der Waals surface area (Å²) < 4.78 is 7.53. The fourth-order valence-corrected chi connectivity index (χ4v) is 2.54. The second kappa shape index (κ2) is 7.70. The average molecular weight is 338 g/mol. The zero-order valence-electron chi connectivity index (χ0n) is 14.4. The van der Waals surface area contributed by atoms with E-state index in [-0.39, 0.29) is 12.1 Å². The van der Waals surface area contributed by atoms with Gasteiger partial charge in [-0.3, -0.25) is 0 Å². The van der Waals surface area contributed by atoms with E-state index in [9.17, 15) is 4.79 Å². The number of furan rings is 1. The zero-order chi connectivity index (χ0) is 17.6. The van der Waals surface area contributed by atoms with Crippen LogP contribution in [-0.4, -0.2) is 15.6 Å². The van der Waals surface area contributed by atoms with Crippen molar-refractivity contribution in [2.75, 3.05) is 0 Å². The highest BCUT2D eigenvalue weighted by Gasteiger charge is 2.12. The summed E-state index contributed by atoms with van der Waals surface area (Å²) in [5.41, 5.74) is 2.24. The number of nitrogens with zero attached hydrogens (tertiary/aromatic N) is 2. The number of aromatic nitrogens is 2. The van der Waals surface area contributed by atoms with Crippen LogP contribution in [0.4, 0.5) is 4.79 Å². The Hall–Kier alpha value is -3.02. The van der Waals surface area contributed by atoms with Gasteiger partial charge in [-0.25, -0.2) is 9.78 Å². The first kappa shape index (κ1) is 16.8. The van der Waals surface area contributed by atoms with Crippen molar-refractivity contribution in [2.24, 2.45) is 0 Å². The number of carbonyl (C=O) groups excluding carboxylic acids is 1. The molecule has 1 atom stereocenters. The highest BCUT2D eigenvalue weighted by Crippen LogP contribution is 2.15. The van der Waals surface area contributed by atoms with E-state index in [0.717, 1.165) is 23.6 Å². The van der Waals surface area contributed by atoms with Crippen LogP contribution >= 0.6 is 0 Å². The molecule has 3 rings (SSSR count). The average Bonchev–Trinajstić information content (AvgIpc) is 3.26. The van der Waals surface area contributed by atoms with E-state index in [1.54, 1.807) is 12.5 Å². The summed E-state index contributed by atoms with van der Waals surface area (Å²) in [6.45, 7) is 5.03. The summed E-state index contributed by atoms with van der Waals surface area (Å²) in [7, 11) is 0. The van der Waals surface area contributed by atoms with Gasteiger partial charge < -0.3 is 19.6 Å². The molecule has 0 aliphatic carbocycles. The van der Waals surface area contributed by atoms with Crippen molar-refractivity contribution in [1.29, 1.82) is 0 Å². The van der Waals surface area contributed by atoms with E-state index in [1.807, 2.05) is 48.9 Å². The zero-order valence-corrected chi connectivity index (χ0v) is 14.4. The monoisotopic (exact) mass is 338 g/mol. The molecule has 6 heteroatoms. The molecule has 0 bridgehead atoms. The molecule has 1 aromatic carbocycles. The van der Waals surface area contributed by atoms with Gasteiger partial charge in [-0.1, -0.05) is 24.3 Å². The van der Waals surface area contributed by atoms with Gasteiger partial charge in [0.05, 0.1) is 12.4 Å². The molecule has 0 aliphatic heterocycles. The van der Waals surface area contributed by atoms with E-state index >= 15 is 0 Å². The van der Waals surface area contributed by atoms with E-state index < -0.39 is 0 Å². The molecule has 3 aromatic rings. The molecule has 2 amide bonds. The van der Waals surface area contributed by atoms with E-state index in [1.165, 1.54) is 5.56 Å². The first-order valence-corrected chi connectivity index (χ1v) is 8.24. The van der Waals surface area contributed by atoms with E-state index in [4.69, 9.17) is 4.42 Å². The maximum atomic E-state index is 12.0. The number of aryl methyl sites for hydroxylation is 1. The smallest absolute Gasteiger partial charge is 0.315 e. The van der Waals surface area contributed by atoms with Crippen LogP contribution in [0, 0.1) is 6.92 Å². The van der Waals surface area contributed by atoms with Crippen molar-refractivity contribution in [3.8, 4) is 0 Å². The number of hydrogen-bond donors (Lipinski definition) is 2. The number of imidazole rings is 1. The Morgan fingerprint density at radius 1 is 1.20 bits per heavy atom. The highest BCUT2D eigenvalue weighted by molar-refractivity contribution is 5.74. The second-order valence-corrected chi connectivity index (χ2v) is 6.05. The third-order valence-electron chi connectivity index (χ3n) is 3.94. The highest BCUT2D eigenvalue weighted by atomic mass is 16.3. The summed E-state index contributed by atoms with van der Waals surface area (Å²) in [5, 5.41) is 5.73. The van der Waals surface area contributed by atoms with Gasteiger partial charge in [-0.15, -0.1) is 0 Å². The number of carbonyl (C=O) groups is 1. The molecule has 25 heavy (non-hydrogen) atoms. The van der Waals surface area contributed by atoms with Gasteiger partial charge in [0.25, 0.3) is 0 Å². The van der Waals surface area contributed by atoms with E-state index in [0.29, 0.717) is 6.54 Å². The van der Waals surface area contributed by atoms with Gasteiger partial charge in [-0.2, -0.15) is 0 Å². The van der Waals surface area contributed by atoms with Gasteiger partial charge in [0.1, 0.15) is 11.5 Å². The standard InChI is InChI=1S/C19H22N4O2/c1-14-3-8-18(25-14)15(2)22-19(24)21-11-16-4-6-17(7-5-16)12-23-10-9-20-13-23/h3-10,13,15H,11-12H2,1-2H3,(H2,21,22,24). The van der Waals surface area contributed by atoms with Crippen LogP contribution in [-0.2, 0) is 13.1 Å². The Morgan fingerprint density at radius 2 is 1.96 bits per heavy atom. The number of benzene rings is 1. The Labute approximate surface area is 146 Å². The van der Waals surface area contributed by atoms with Crippen molar-refractivity contribution in [3.05, 3.63) is 77.8 Å². The number of nitrogens with one attached hydrogen (secondary N) is 2. The van der Waals surface area contributed by atoms with Gasteiger partial charge in [0.15, 0.2) is 0 Å². The molecule has 2 heterocycles. The molecule has 0 radical (unpaired) electrons. The lowest BCUT2D eigenvalue weighted by molar-refractivity contribution is 0.235. The molecular weight excluding hydrogens is 316 g/mol. The summed E-state index contributed by atoms with van der Waals surface area (Å²) in [6, 6.07) is 11.5. The van der Waals surface area contributed by atoms with Crippen LogP contribution < -0.4 is 10.6 Å². The van der Waals surface area contributed by atoms with Crippen LogP contribution in [0.25, 0.3) is 0 Å². The number of rotatable bonds is 6. The third kappa shape index (κ3) is 4.73. The minimum atomic E-state index is -0.218. The Kier molecular flexibility index (Phi) is 5.18. The first-order valence-electron chi connectivity index (χ1n) is 8.24. The molecule has 0 fully saturated rings. The molecular formula is C19H22N4O2. The fourth-order valence-electron chi connectivity index (χ4n) is 2.54. The summed E-state index contributed by atoms with van der Waals surface area (Å²) >= 11 is 0. The van der Waals surface area contributed by atoms with Gasteiger partial charge >= 0.3 is 6.03 Å². The molecule has 6 nitrogen and oxygen atoms in total. The Balaban J connectivity index is 1.47. The maximum Gasteiger partial charge on any atom is 0.315 e. The summed E-state index contributed by atoms with van der Waals surface area (Å²) in [4.78, 5) is 16.0. The molecule has 0 saturated carbocycles. The lowest BCUT2D eigenvalue weighted by atomic mass is 10.1. The topological polar surface area (TPSA) is 72.1 Å². The maximum absolute atomic E-state index is 12.0. The molecule has 2 N–H and O–H groups in total. The van der Waals surface area contributed by atoms with E-state index in [2.05, 4.69) is 27.8 Å². The van der Waals surface area contributed by atoms with Crippen LogP contribution in [0.15, 0.2) is 59.5 Å². The number of urea groups is 1.